The predicted molar refractivity (Wildman–Crippen MR) is 270 cm³/mol. The minimum absolute atomic E-state index is 0.231. The highest BCUT2D eigenvalue weighted by atomic mass is 15.0. The van der Waals surface area contributed by atoms with E-state index in [1.807, 2.05) is 0 Å². The van der Waals surface area contributed by atoms with Crippen LogP contribution in [0.2, 0.25) is 0 Å². The molecule has 0 bridgehead atoms. The number of hydrogen-bond donors (Lipinski definition) is 0. The highest BCUT2D eigenvalue weighted by molar-refractivity contribution is 6.11. The van der Waals surface area contributed by atoms with Gasteiger partial charge in [-0.25, -0.2) is 0 Å². The monoisotopic (exact) mass is 826 g/mol. The van der Waals surface area contributed by atoms with E-state index < -0.39 is 0 Å². The second-order valence-electron chi connectivity index (χ2n) is 18.9. The summed E-state index contributed by atoms with van der Waals surface area (Å²) in [5, 5.41) is 7.60. The van der Waals surface area contributed by atoms with Crippen LogP contribution >= 0.6 is 0 Å². The van der Waals surface area contributed by atoms with E-state index in [1.165, 1.54) is 99.9 Å². The van der Waals surface area contributed by atoms with Gasteiger partial charge in [-0.2, -0.15) is 4.57 Å². The van der Waals surface area contributed by atoms with Gasteiger partial charge in [-0.3, -0.25) is 0 Å². The molecule has 1 fully saturated rings. The van der Waals surface area contributed by atoms with Crippen LogP contribution in [0.3, 0.4) is 0 Å². The van der Waals surface area contributed by atoms with Crippen molar-refractivity contribution in [2.75, 3.05) is 0 Å². The maximum atomic E-state index is 2.57. The average Bonchev–Trinajstić information content (AvgIpc) is 3.61. The SMILES string of the molecule is CCC1(C)C(C)C1(C)C[n+]1ccc2ccccc2c1-c1cc(-c2cccc(-c3cc(-n4c5ccccc5c5ccccc54)cc(-n4c5ccccc5c5ccccc54)c3)c2)ccc1C. The lowest BCUT2D eigenvalue weighted by molar-refractivity contribution is -0.695. The molecule has 0 amide bonds. The zero-order valence-corrected chi connectivity index (χ0v) is 37.3. The number of rotatable bonds is 8. The van der Waals surface area contributed by atoms with Gasteiger partial charge < -0.3 is 9.13 Å². The molecule has 3 nitrogen and oxygen atoms in total. The molecule has 0 spiro atoms. The van der Waals surface area contributed by atoms with E-state index >= 15 is 0 Å². The molecule has 64 heavy (non-hydrogen) atoms. The first-order valence-electron chi connectivity index (χ1n) is 23.0. The lowest BCUT2D eigenvalue weighted by atomic mass is 9.91. The predicted octanol–water partition coefficient (Wildman–Crippen LogP) is 15.7. The number of aryl methyl sites for hydroxylation is 1. The van der Waals surface area contributed by atoms with Gasteiger partial charge in [-0.05, 0) is 119 Å². The van der Waals surface area contributed by atoms with E-state index in [0.29, 0.717) is 11.3 Å². The summed E-state index contributed by atoms with van der Waals surface area (Å²) in [6.07, 6.45) is 3.54. The Labute approximate surface area is 375 Å². The molecule has 3 unspecified atom stereocenters. The lowest BCUT2D eigenvalue weighted by Crippen LogP contribution is -2.41. The largest absolute Gasteiger partial charge is 0.309 e. The van der Waals surface area contributed by atoms with Crippen LogP contribution in [-0.2, 0) is 6.54 Å². The van der Waals surface area contributed by atoms with Crippen molar-refractivity contribution >= 4 is 54.4 Å². The first kappa shape index (κ1) is 38.4. The number of para-hydroxylation sites is 4. The maximum Gasteiger partial charge on any atom is 0.220 e. The minimum atomic E-state index is 0.231. The summed E-state index contributed by atoms with van der Waals surface area (Å²) in [5.74, 6) is 0.663. The molecule has 0 N–H and O–H groups in total. The molecule has 0 saturated heterocycles. The van der Waals surface area contributed by atoms with Crippen molar-refractivity contribution in [3.8, 4) is 44.9 Å². The number of nitrogens with zero attached hydrogens (tertiary/aromatic N) is 3. The van der Waals surface area contributed by atoms with Crippen LogP contribution in [0.1, 0.15) is 39.7 Å². The van der Waals surface area contributed by atoms with E-state index in [9.17, 15) is 0 Å². The van der Waals surface area contributed by atoms with E-state index in [0.717, 1.165) is 17.9 Å². The van der Waals surface area contributed by atoms with Gasteiger partial charge in [0.05, 0.1) is 33.0 Å². The summed E-state index contributed by atoms with van der Waals surface area (Å²) in [6.45, 7) is 13.1. The lowest BCUT2D eigenvalue weighted by Gasteiger charge is -2.18. The molecule has 3 heteroatoms. The maximum absolute atomic E-state index is 2.57. The van der Waals surface area contributed by atoms with Crippen molar-refractivity contribution in [3.05, 3.63) is 200 Å². The average molecular weight is 827 g/mol. The van der Waals surface area contributed by atoms with Crippen LogP contribution in [0.5, 0.6) is 0 Å². The topological polar surface area (TPSA) is 13.7 Å². The fraction of sp³-hybridized carbons (Fsp3) is 0.164. The van der Waals surface area contributed by atoms with E-state index in [4.69, 9.17) is 0 Å². The second kappa shape index (κ2) is 14.4. The molecule has 1 aliphatic carbocycles. The van der Waals surface area contributed by atoms with Crippen molar-refractivity contribution < 1.29 is 4.57 Å². The van der Waals surface area contributed by atoms with Crippen LogP contribution in [0, 0.1) is 23.7 Å². The molecule has 12 rings (SSSR count). The molecular weight excluding hydrogens is 775 g/mol. The summed E-state index contributed by atoms with van der Waals surface area (Å²) < 4.78 is 7.47. The molecule has 8 aromatic carbocycles. The van der Waals surface area contributed by atoms with Crippen LogP contribution < -0.4 is 4.57 Å². The minimum Gasteiger partial charge on any atom is -0.309 e. The Morgan fingerprint density at radius 3 is 1.48 bits per heavy atom. The van der Waals surface area contributed by atoms with Gasteiger partial charge in [0.1, 0.15) is 0 Å². The summed E-state index contributed by atoms with van der Waals surface area (Å²) >= 11 is 0. The Morgan fingerprint density at radius 1 is 0.469 bits per heavy atom. The first-order valence-corrected chi connectivity index (χ1v) is 23.0. The third-order valence-electron chi connectivity index (χ3n) is 15.9. The Kier molecular flexibility index (Phi) is 8.65. The first-order chi connectivity index (χ1) is 31.3. The molecule has 3 heterocycles. The van der Waals surface area contributed by atoms with Gasteiger partial charge in [-0.15, -0.1) is 0 Å². The highest BCUT2D eigenvalue weighted by Crippen LogP contribution is 2.70. The molecule has 3 aromatic heterocycles. The van der Waals surface area contributed by atoms with E-state index in [2.05, 4.69) is 243 Å². The van der Waals surface area contributed by atoms with E-state index in [1.54, 1.807) is 0 Å². The van der Waals surface area contributed by atoms with Gasteiger partial charge in [-0.1, -0.05) is 149 Å². The van der Waals surface area contributed by atoms with Crippen molar-refractivity contribution in [1.29, 1.82) is 0 Å². The number of fused-ring (bicyclic) bond motifs is 7. The van der Waals surface area contributed by atoms with Gasteiger partial charge in [0.15, 0.2) is 12.7 Å². The Bertz CT molecular complexity index is 3420. The van der Waals surface area contributed by atoms with Crippen molar-refractivity contribution in [2.24, 2.45) is 16.7 Å². The van der Waals surface area contributed by atoms with Crippen LogP contribution in [0.25, 0.3) is 99.3 Å². The highest BCUT2D eigenvalue weighted by Gasteiger charge is 2.69. The van der Waals surface area contributed by atoms with Crippen LogP contribution in [0.4, 0.5) is 0 Å². The molecule has 1 aliphatic rings. The summed E-state index contributed by atoms with van der Waals surface area (Å²) in [5.41, 5.74) is 16.3. The quantitative estimate of drug-likeness (QED) is 0.136. The summed E-state index contributed by atoms with van der Waals surface area (Å²) in [4.78, 5) is 0. The van der Waals surface area contributed by atoms with Gasteiger partial charge in [0.2, 0.25) is 5.69 Å². The molecular formula is C61H52N3+. The van der Waals surface area contributed by atoms with Crippen molar-refractivity contribution in [1.82, 2.24) is 9.13 Å². The third kappa shape index (κ3) is 5.69. The fourth-order valence-corrected chi connectivity index (χ4v) is 11.7. The molecule has 0 radical (unpaired) electrons. The number of aromatic nitrogens is 3. The van der Waals surface area contributed by atoms with Crippen LogP contribution in [0.15, 0.2) is 194 Å². The molecule has 310 valence electrons. The number of pyridine rings is 1. The zero-order chi connectivity index (χ0) is 43.3. The van der Waals surface area contributed by atoms with E-state index in [-0.39, 0.29) is 5.41 Å². The smallest absolute Gasteiger partial charge is 0.220 e. The molecule has 11 aromatic rings. The van der Waals surface area contributed by atoms with Gasteiger partial charge >= 0.3 is 0 Å². The van der Waals surface area contributed by atoms with Crippen LogP contribution in [-0.4, -0.2) is 9.13 Å². The Hall–Kier alpha value is -7.23. The Balaban J connectivity index is 1.05. The van der Waals surface area contributed by atoms with Gasteiger partial charge in [0, 0.05) is 44.4 Å². The molecule has 1 saturated carbocycles. The summed E-state index contributed by atoms with van der Waals surface area (Å²) in [7, 11) is 0. The third-order valence-corrected chi connectivity index (χ3v) is 15.9. The fourth-order valence-electron chi connectivity index (χ4n) is 11.7. The van der Waals surface area contributed by atoms with Crippen molar-refractivity contribution in [3.63, 3.8) is 0 Å². The number of hydrogen-bond acceptors (Lipinski definition) is 0. The second-order valence-corrected chi connectivity index (χ2v) is 18.9. The summed E-state index contributed by atoms with van der Waals surface area (Å²) in [6, 6.07) is 69.9. The van der Waals surface area contributed by atoms with Crippen molar-refractivity contribution in [2.45, 2.75) is 47.6 Å². The van der Waals surface area contributed by atoms with Gasteiger partial charge in [0.25, 0.3) is 0 Å². The molecule has 0 aliphatic heterocycles. The Morgan fingerprint density at radius 2 is 0.953 bits per heavy atom. The number of benzene rings is 8. The zero-order valence-electron chi connectivity index (χ0n) is 37.3. The normalized spacial score (nSPS) is 18.5. The standard InChI is InChI=1S/C61H52N3/c1-6-60(4)41(3)61(60,5)39-62-33-32-42-18-7-8-21-49(42)59(62)54-37-45(31-30-40(54)2)43-19-17-20-44(34-43)46-35-47(63-55-26-13-9-22-50(55)51-23-10-14-27-56(51)63)38-48(36-46)64-57-28-15-11-24-52(57)53-25-12-16-29-58(53)64/h7-38,41H,6,39H2,1-5H3/q+1. The molecule has 3 atom stereocenters.